The first-order valence-corrected chi connectivity index (χ1v) is 6.62. The molecule has 82 valence electrons. The molecule has 1 aromatic carbocycles. The van der Waals surface area contributed by atoms with Gasteiger partial charge in [0.15, 0.2) is 4.34 Å². The summed E-state index contributed by atoms with van der Waals surface area (Å²) in [6.07, 6.45) is 0. The minimum Gasteiger partial charge on any atom is -0.478 e. The maximum Gasteiger partial charge on any atom is 0.335 e. The van der Waals surface area contributed by atoms with Crippen LogP contribution < -0.4 is 0 Å². The van der Waals surface area contributed by atoms with Crippen LogP contribution in [0.25, 0.3) is 0 Å². The monoisotopic (exact) mass is 316 g/mol. The Balaban J connectivity index is 2.26. The zero-order valence-corrected chi connectivity index (χ0v) is 11.0. The van der Waals surface area contributed by atoms with Gasteiger partial charge in [0.25, 0.3) is 0 Å². The average molecular weight is 317 g/mol. The fourth-order valence-electron chi connectivity index (χ4n) is 1.02. The van der Waals surface area contributed by atoms with Crippen molar-refractivity contribution in [1.29, 1.82) is 0 Å². The zero-order chi connectivity index (χ0) is 11.5. The molecule has 0 aliphatic carbocycles. The maximum absolute atomic E-state index is 10.7. The maximum atomic E-state index is 10.7. The Morgan fingerprint density at radius 2 is 2.31 bits per heavy atom. The molecule has 0 unspecified atom stereocenters. The summed E-state index contributed by atoms with van der Waals surface area (Å²) in [7, 11) is 0. The summed E-state index contributed by atoms with van der Waals surface area (Å²) >= 11 is 6.22. The molecule has 0 fully saturated rings. The highest BCUT2D eigenvalue weighted by molar-refractivity contribution is 9.10. The largest absolute Gasteiger partial charge is 0.478 e. The number of halogens is 1. The third-order valence-corrected chi connectivity index (χ3v) is 4.49. The number of carbonyl (C=O) groups is 1. The molecule has 0 aliphatic rings. The number of carboxylic acid groups (broad SMARTS) is 1. The number of hydrogen-bond donors (Lipinski definition) is 1. The Hall–Kier alpha value is -0.920. The van der Waals surface area contributed by atoms with E-state index in [2.05, 4.69) is 26.1 Å². The van der Waals surface area contributed by atoms with Crippen LogP contribution >= 0.6 is 39.0 Å². The number of carboxylic acids is 1. The molecule has 0 aliphatic heterocycles. The topological polar surface area (TPSA) is 63.1 Å². The Morgan fingerprint density at radius 3 is 2.88 bits per heavy atom. The number of aromatic carboxylic acids is 1. The molecule has 1 aromatic heterocycles. The van der Waals surface area contributed by atoms with Crippen molar-refractivity contribution in [2.45, 2.75) is 9.24 Å². The van der Waals surface area contributed by atoms with E-state index >= 15 is 0 Å². The molecule has 7 heteroatoms. The summed E-state index contributed by atoms with van der Waals surface area (Å²) in [5.74, 6) is -0.937. The number of nitrogens with zero attached hydrogens (tertiary/aromatic N) is 2. The molecule has 0 radical (unpaired) electrons. The van der Waals surface area contributed by atoms with Crippen LogP contribution in [0.5, 0.6) is 0 Å². The second-order valence-corrected chi connectivity index (χ2v) is 5.73. The summed E-state index contributed by atoms with van der Waals surface area (Å²) in [5.41, 5.74) is 1.91. The van der Waals surface area contributed by atoms with Gasteiger partial charge < -0.3 is 5.11 Å². The Morgan fingerprint density at radius 1 is 1.50 bits per heavy atom. The summed E-state index contributed by atoms with van der Waals surface area (Å²) in [6, 6.07) is 4.89. The second-order valence-electron chi connectivity index (χ2n) is 2.76. The van der Waals surface area contributed by atoms with E-state index in [0.29, 0.717) is 0 Å². The predicted molar refractivity (Wildman–Crippen MR) is 65.1 cm³/mol. The van der Waals surface area contributed by atoms with Gasteiger partial charge in [-0.25, -0.2) is 4.79 Å². The molecule has 4 nitrogen and oxygen atoms in total. The summed E-state index contributed by atoms with van der Waals surface area (Å²) in [6.45, 7) is 0. The fraction of sp³-hybridized carbons (Fsp3) is 0. The highest BCUT2D eigenvalue weighted by atomic mass is 79.9. The molecular formula is C9H5BrN2O2S2. The molecule has 0 amide bonds. The SMILES string of the molecule is O=C(O)c1ccc(Sc2nncs2)c(Br)c1. The van der Waals surface area contributed by atoms with E-state index in [1.807, 2.05) is 0 Å². The van der Waals surface area contributed by atoms with E-state index in [1.165, 1.54) is 23.1 Å². The smallest absolute Gasteiger partial charge is 0.335 e. The van der Waals surface area contributed by atoms with E-state index in [0.717, 1.165) is 13.7 Å². The van der Waals surface area contributed by atoms with Crippen molar-refractivity contribution in [1.82, 2.24) is 10.2 Å². The molecule has 2 rings (SSSR count). The Kier molecular flexibility index (Phi) is 3.57. The van der Waals surface area contributed by atoms with Gasteiger partial charge in [0.2, 0.25) is 0 Å². The van der Waals surface area contributed by atoms with E-state index in [4.69, 9.17) is 5.11 Å². The van der Waals surface area contributed by atoms with Gasteiger partial charge in [-0.15, -0.1) is 10.2 Å². The van der Waals surface area contributed by atoms with Crippen LogP contribution in [0.2, 0.25) is 0 Å². The van der Waals surface area contributed by atoms with Crippen LogP contribution in [0.4, 0.5) is 0 Å². The van der Waals surface area contributed by atoms with Crippen molar-refractivity contribution in [2.24, 2.45) is 0 Å². The fourth-order valence-corrected chi connectivity index (χ4v) is 3.08. The minimum absolute atomic E-state index is 0.258. The normalized spacial score (nSPS) is 10.3. The van der Waals surface area contributed by atoms with Gasteiger partial charge >= 0.3 is 5.97 Å². The van der Waals surface area contributed by atoms with Crippen molar-refractivity contribution < 1.29 is 9.90 Å². The van der Waals surface area contributed by atoms with Gasteiger partial charge in [-0.05, 0) is 34.1 Å². The molecule has 16 heavy (non-hydrogen) atoms. The molecule has 0 atom stereocenters. The van der Waals surface area contributed by atoms with Gasteiger partial charge in [-0.1, -0.05) is 23.1 Å². The standard InChI is InChI=1S/C9H5BrN2O2S2/c10-6-3-5(8(13)14)1-2-7(6)16-9-12-11-4-15-9/h1-4H,(H,13,14). The minimum atomic E-state index is -0.937. The molecule has 0 bridgehead atoms. The lowest BCUT2D eigenvalue weighted by Crippen LogP contribution is -1.95. The van der Waals surface area contributed by atoms with Crippen LogP contribution in [-0.2, 0) is 0 Å². The Bertz CT molecular complexity index is 516. The highest BCUT2D eigenvalue weighted by Gasteiger charge is 2.09. The lowest BCUT2D eigenvalue weighted by atomic mass is 10.2. The molecule has 0 saturated carbocycles. The third kappa shape index (κ3) is 2.60. The molecule has 1 heterocycles. The number of hydrogen-bond acceptors (Lipinski definition) is 5. The number of rotatable bonds is 3. The first-order valence-electron chi connectivity index (χ1n) is 4.13. The first kappa shape index (κ1) is 11.6. The van der Waals surface area contributed by atoms with E-state index in [1.54, 1.807) is 23.7 Å². The second kappa shape index (κ2) is 4.94. The van der Waals surface area contributed by atoms with Crippen molar-refractivity contribution in [3.8, 4) is 0 Å². The molecule has 0 spiro atoms. The summed E-state index contributed by atoms with van der Waals surface area (Å²) in [5, 5.41) is 16.4. The number of benzene rings is 1. The zero-order valence-electron chi connectivity index (χ0n) is 7.75. The lowest BCUT2D eigenvalue weighted by Gasteiger charge is -2.02. The van der Waals surface area contributed by atoms with Crippen LogP contribution in [0, 0.1) is 0 Å². The highest BCUT2D eigenvalue weighted by Crippen LogP contribution is 2.34. The molecule has 0 saturated heterocycles. The van der Waals surface area contributed by atoms with Crippen LogP contribution in [0.3, 0.4) is 0 Å². The van der Waals surface area contributed by atoms with Crippen molar-refractivity contribution >= 4 is 45.0 Å². The van der Waals surface area contributed by atoms with Crippen molar-refractivity contribution in [3.05, 3.63) is 33.7 Å². The van der Waals surface area contributed by atoms with Crippen molar-refractivity contribution in [2.75, 3.05) is 0 Å². The van der Waals surface area contributed by atoms with Gasteiger partial charge in [0, 0.05) is 9.37 Å². The van der Waals surface area contributed by atoms with E-state index < -0.39 is 5.97 Å². The summed E-state index contributed by atoms with van der Waals surface area (Å²) in [4.78, 5) is 11.7. The number of aromatic nitrogens is 2. The average Bonchev–Trinajstić information content (AvgIpc) is 2.73. The first-order chi connectivity index (χ1) is 7.66. The predicted octanol–water partition coefficient (Wildman–Crippen LogP) is 3.15. The van der Waals surface area contributed by atoms with E-state index in [-0.39, 0.29) is 5.56 Å². The van der Waals surface area contributed by atoms with Crippen LogP contribution in [0.1, 0.15) is 10.4 Å². The van der Waals surface area contributed by atoms with Crippen molar-refractivity contribution in [3.63, 3.8) is 0 Å². The molecular weight excluding hydrogens is 312 g/mol. The van der Waals surface area contributed by atoms with Gasteiger partial charge in [0.1, 0.15) is 5.51 Å². The van der Waals surface area contributed by atoms with E-state index in [9.17, 15) is 4.79 Å². The quantitative estimate of drug-likeness (QED) is 0.942. The Labute approximate surface area is 108 Å². The lowest BCUT2D eigenvalue weighted by molar-refractivity contribution is 0.0696. The van der Waals surface area contributed by atoms with Gasteiger partial charge in [-0.2, -0.15) is 0 Å². The molecule has 1 N–H and O–H groups in total. The summed E-state index contributed by atoms with van der Waals surface area (Å²) < 4.78 is 1.57. The van der Waals surface area contributed by atoms with Crippen LogP contribution in [-0.4, -0.2) is 21.3 Å². The molecule has 2 aromatic rings. The van der Waals surface area contributed by atoms with Crippen LogP contribution in [0.15, 0.2) is 37.4 Å². The van der Waals surface area contributed by atoms with Gasteiger partial charge in [-0.3, -0.25) is 0 Å². The third-order valence-electron chi connectivity index (χ3n) is 1.72. The van der Waals surface area contributed by atoms with Gasteiger partial charge in [0.05, 0.1) is 5.56 Å².